The van der Waals surface area contributed by atoms with Gasteiger partial charge in [0.05, 0.1) is 5.52 Å². The van der Waals surface area contributed by atoms with E-state index in [0.717, 1.165) is 0 Å². The quantitative estimate of drug-likeness (QED) is 0.374. The number of anilines is 3. The summed E-state index contributed by atoms with van der Waals surface area (Å²) in [5.41, 5.74) is 14.0. The topological polar surface area (TPSA) is 166 Å². The van der Waals surface area contributed by atoms with Gasteiger partial charge in [0.15, 0.2) is 17.5 Å². The van der Waals surface area contributed by atoms with Crippen molar-refractivity contribution in [1.82, 2.24) is 24.6 Å². The molecule has 0 aliphatic rings. The third kappa shape index (κ3) is 4.75. The summed E-state index contributed by atoms with van der Waals surface area (Å²) in [6, 6.07) is 10.0. The maximum Gasteiger partial charge on any atom is 0.290 e. The Morgan fingerprint density at radius 2 is 1.79 bits per heavy atom. The first kappa shape index (κ1) is 24.0. The van der Waals surface area contributed by atoms with Gasteiger partial charge in [-0.2, -0.15) is 5.10 Å². The second kappa shape index (κ2) is 10.3. The lowest BCUT2D eigenvalue weighted by Gasteiger charge is -2.19. The molecule has 0 bridgehead atoms. The average molecular weight is 466 g/mol. The minimum Gasteiger partial charge on any atom is -0.483 e. The first-order valence-corrected chi connectivity index (χ1v) is 10.2. The van der Waals surface area contributed by atoms with Gasteiger partial charge in [0.1, 0.15) is 23.0 Å². The number of carbonyl (C=O) groups is 2. The summed E-state index contributed by atoms with van der Waals surface area (Å²) in [5.74, 6) is 0.341. The predicted molar refractivity (Wildman–Crippen MR) is 124 cm³/mol. The Kier molecular flexibility index (Phi) is 7.31. The Hall–Kier alpha value is -4.61. The van der Waals surface area contributed by atoms with E-state index in [4.69, 9.17) is 21.4 Å². The Labute approximate surface area is 193 Å². The summed E-state index contributed by atoms with van der Waals surface area (Å²) in [4.78, 5) is 35.1. The molecule has 4 rings (SSSR count). The van der Waals surface area contributed by atoms with E-state index in [1.165, 1.54) is 11.0 Å². The lowest BCUT2D eigenvalue weighted by atomic mass is 10.1. The number of amides is 1. The van der Waals surface area contributed by atoms with Gasteiger partial charge in [-0.25, -0.2) is 23.9 Å². The number of hydrogen-bond acceptors (Lipinski definition) is 8. The number of carboxylic acid groups (broad SMARTS) is 1. The largest absolute Gasteiger partial charge is 0.483 e. The van der Waals surface area contributed by atoms with Crippen molar-refractivity contribution in [3.05, 3.63) is 59.8 Å². The van der Waals surface area contributed by atoms with Crippen molar-refractivity contribution in [2.45, 2.75) is 19.8 Å². The summed E-state index contributed by atoms with van der Waals surface area (Å²) in [7, 11) is 1.57. The standard InChI is InChI=1S/C21H21FN8O.CH2O2/c1-3-16(31)29(2)18-19(23)27-21(28-20(18)24)17-14-9-6-10-25-30(14)15(26-17)11-12-7-4-5-8-13(12)22;2-1-3/h4-10H,3,11H2,1-2H3,(H4,23,24,27,28);1H,(H,2,3). The number of nitrogen functional groups attached to an aromatic ring is 2. The van der Waals surface area contributed by atoms with Crippen LogP contribution in [0.2, 0.25) is 0 Å². The second-order valence-electron chi connectivity index (χ2n) is 7.04. The summed E-state index contributed by atoms with van der Waals surface area (Å²) < 4.78 is 15.8. The summed E-state index contributed by atoms with van der Waals surface area (Å²) >= 11 is 0. The fourth-order valence-electron chi connectivity index (χ4n) is 3.38. The number of halogens is 1. The summed E-state index contributed by atoms with van der Waals surface area (Å²) in [5, 5.41) is 11.2. The van der Waals surface area contributed by atoms with E-state index in [1.807, 2.05) is 0 Å². The number of nitrogens with zero attached hydrogens (tertiary/aromatic N) is 6. The smallest absolute Gasteiger partial charge is 0.290 e. The first-order chi connectivity index (χ1) is 16.3. The number of nitrogens with two attached hydrogens (primary N) is 2. The predicted octanol–water partition coefficient (Wildman–Crippen LogP) is 2.15. The molecule has 1 aromatic carbocycles. The van der Waals surface area contributed by atoms with Crippen LogP contribution in [0, 0.1) is 5.82 Å². The molecule has 4 aromatic rings. The van der Waals surface area contributed by atoms with Gasteiger partial charge >= 0.3 is 0 Å². The number of benzene rings is 1. The van der Waals surface area contributed by atoms with Crippen LogP contribution in [0.25, 0.3) is 17.0 Å². The van der Waals surface area contributed by atoms with Gasteiger partial charge in [-0.15, -0.1) is 0 Å². The van der Waals surface area contributed by atoms with E-state index in [1.54, 1.807) is 55.0 Å². The molecular weight excluding hydrogens is 443 g/mol. The van der Waals surface area contributed by atoms with Gasteiger partial charge in [-0.3, -0.25) is 9.59 Å². The number of hydrogen-bond donors (Lipinski definition) is 3. The molecule has 0 spiro atoms. The monoisotopic (exact) mass is 466 g/mol. The number of imidazole rings is 1. The van der Waals surface area contributed by atoms with E-state index in [-0.39, 0.29) is 54.2 Å². The minimum absolute atomic E-state index is 0.0625. The lowest BCUT2D eigenvalue weighted by Crippen LogP contribution is -2.27. The zero-order chi connectivity index (χ0) is 24.8. The molecule has 1 amide bonds. The molecule has 3 aromatic heterocycles. The molecule has 0 saturated heterocycles. The molecular formula is C22H23FN8O3. The Morgan fingerprint density at radius 1 is 1.15 bits per heavy atom. The minimum atomic E-state index is -0.325. The van der Waals surface area contributed by atoms with E-state index in [9.17, 15) is 9.18 Å². The molecule has 0 fully saturated rings. The van der Waals surface area contributed by atoms with Crippen LogP contribution in [0.15, 0.2) is 42.6 Å². The molecule has 0 unspecified atom stereocenters. The van der Waals surface area contributed by atoms with E-state index >= 15 is 0 Å². The van der Waals surface area contributed by atoms with Crippen molar-refractivity contribution in [2.24, 2.45) is 0 Å². The molecule has 0 aliphatic heterocycles. The lowest BCUT2D eigenvalue weighted by molar-refractivity contribution is -0.123. The zero-order valence-corrected chi connectivity index (χ0v) is 18.5. The van der Waals surface area contributed by atoms with Crippen LogP contribution in [-0.4, -0.2) is 49.1 Å². The van der Waals surface area contributed by atoms with Crippen LogP contribution in [0.1, 0.15) is 24.7 Å². The molecule has 3 heterocycles. The maximum absolute atomic E-state index is 14.2. The van der Waals surface area contributed by atoms with Crippen LogP contribution in [0.5, 0.6) is 0 Å². The van der Waals surface area contributed by atoms with Gasteiger partial charge in [0.25, 0.3) is 6.47 Å². The zero-order valence-electron chi connectivity index (χ0n) is 18.5. The third-order valence-electron chi connectivity index (χ3n) is 4.95. The number of fused-ring (bicyclic) bond motifs is 1. The van der Waals surface area contributed by atoms with Gasteiger partial charge in [0.2, 0.25) is 5.91 Å². The van der Waals surface area contributed by atoms with Crippen LogP contribution >= 0.6 is 0 Å². The number of aromatic nitrogens is 5. The van der Waals surface area contributed by atoms with Crippen LogP contribution in [0.4, 0.5) is 21.7 Å². The molecule has 0 saturated carbocycles. The Morgan fingerprint density at radius 3 is 2.41 bits per heavy atom. The number of carbonyl (C=O) groups excluding carboxylic acids is 1. The van der Waals surface area contributed by atoms with Crippen molar-refractivity contribution >= 4 is 35.2 Å². The van der Waals surface area contributed by atoms with Crippen LogP contribution in [-0.2, 0) is 16.0 Å². The van der Waals surface area contributed by atoms with Gasteiger partial charge < -0.3 is 21.5 Å². The first-order valence-electron chi connectivity index (χ1n) is 10.2. The average Bonchev–Trinajstić information content (AvgIpc) is 3.18. The van der Waals surface area contributed by atoms with E-state index in [0.29, 0.717) is 22.6 Å². The molecule has 5 N–H and O–H groups in total. The fraction of sp³-hybridized carbons (Fsp3) is 0.182. The highest BCUT2D eigenvalue weighted by Gasteiger charge is 2.22. The molecule has 0 aliphatic carbocycles. The number of rotatable bonds is 5. The third-order valence-corrected chi connectivity index (χ3v) is 4.95. The van der Waals surface area contributed by atoms with Gasteiger partial charge in [-0.1, -0.05) is 25.1 Å². The Balaban J connectivity index is 0.00000103. The SMILES string of the molecule is CCC(=O)N(C)c1c(N)nc(-c2nc(Cc3ccccc3F)n3ncccc23)nc1N.O=CO. The van der Waals surface area contributed by atoms with Crippen LogP contribution in [0.3, 0.4) is 0 Å². The van der Waals surface area contributed by atoms with Crippen molar-refractivity contribution < 1.29 is 19.1 Å². The van der Waals surface area contributed by atoms with Gasteiger partial charge in [0, 0.05) is 26.1 Å². The van der Waals surface area contributed by atoms with E-state index in [2.05, 4.69) is 20.1 Å². The fourth-order valence-corrected chi connectivity index (χ4v) is 3.38. The molecule has 0 radical (unpaired) electrons. The molecule has 11 nitrogen and oxygen atoms in total. The molecule has 0 atom stereocenters. The Bertz CT molecular complexity index is 1320. The van der Waals surface area contributed by atoms with Crippen molar-refractivity contribution in [1.29, 1.82) is 0 Å². The second-order valence-corrected chi connectivity index (χ2v) is 7.04. The van der Waals surface area contributed by atoms with Crippen molar-refractivity contribution in [3.8, 4) is 11.5 Å². The van der Waals surface area contributed by atoms with E-state index < -0.39 is 0 Å². The van der Waals surface area contributed by atoms with Crippen molar-refractivity contribution in [2.75, 3.05) is 23.4 Å². The normalized spacial score (nSPS) is 10.4. The van der Waals surface area contributed by atoms with Gasteiger partial charge in [-0.05, 0) is 23.8 Å². The molecule has 34 heavy (non-hydrogen) atoms. The highest BCUT2D eigenvalue weighted by atomic mass is 19.1. The molecule has 176 valence electrons. The van der Waals surface area contributed by atoms with Crippen LogP contribution < -0.4 is 16.4 Å². The summed E-state index contributed by atoms with van der Waals surface area (Å²) in [6.45, 7) is 1.49. The highest BCUT2D eigenvalue weighted by molar-refractivity contribution is 5.98. The van der Waals surface area contributed by atoms with Crippen molar-refractivity contribution in [3.63, 3.8) is 0 Å². The summed E-state index contributed by atoms with van der Waals surface area (Å²) in [6.07, 6.45) is 2.12. The highest BCUT2D eigenvalue weighted by Crippen LogP contribution is 2.31. The molecule has 12 heteroatoms. The maximum atomic E-state index is 14.2.